The molecule has 1 N–H and O–H groups in total. The van der Waals surface area contributed by atoms with Gasteiger partial charge in [-0.25, -0.2) is 4.79 Å². The van der Waals surface area contributed by atoms with Crippen molar-refractivity contribution < 1.29 is 19.0 Å². The highest BCUT2D eigenvalue weighted by Crippen LogP contribution is 2.26. The largest absolute Gasteiger partial charge is 0.497 e. The molecule has 2 amide bonds. The Labute approximate surface area is 155 Å². The molecule has 1 aromatic carbocycles. The van der Waals surface area contributed by atoms with Gasteiger partial charge in [-0.1, -0.05) is 0 Å². The normalized spacial score (nSPS) is 19.2. The number of anilines is 1. The van der Waals surface area contributed by atoms with Crippen molar-refractivity contribution in [3.63, 3.8) is 0 Å². The van der Waals surface area contributed by atoms with E-state index in [1.807, 2.05) is 4.90 Å². The molecule has 1 aromatic rings. The zero-order valence-electron chi connectivity index (χ0n) is 15.7. The standard InChI is InChI=1S/C19H29N3O4/c1-24-17-11-16(12-18(13-17)25-2)20-19(23)22-5-3-15(4-6-22)14-21-7-9-26-10-8-21/h11-13,15H,3-10,14H2,1-2H3,(H,20,23). The Morgan fingerprint density at radius 2 is 1.69 bits per heavy atom. The van der Waals surface area contributed by atoms with Crippen LogP contribution in [0.15, 0.2) is 18.2 Å². The number of ether oxygens (including phenoxy) is 3. The fourth-order valence-electron chi connectivity index (χ4n) is 3.55. The highest BCUT2D eigenvalue weighted by Gasteiger charge is 2.25. The van der Waals surface area contributed by atoms with Gasteiger partial charge in [0.1, 0.15) is 11.5 Å². The molecule has 144 valence electrons. The van der Waals surface area contributed by atoms with Crippen molar-refractivity contribution in [3.8, 4) is 11.5 Å². The van der Waals surface area contributed by atoms with E-state index in [1.165, 1.54) is 0 Å². The molecule has 2 fully saturated rings. The fourth-order valence-corrected chi connectivity index (χ4v) is 3.55. The van der Waals surface area contributed by atoms with Gasteiger partial charge in [0, 0.05) is 56.6 Å². The van der Waals surface area contributed by atoms with Crippen LogP contribution in [0.25, 0.3) is 0 Å². The number of hydrogen-bond donors (Lipinski definition) is 1. The summed E-state index contributed by atoms with van der Waals surface area (Å²) < 4.78 is 15.9. The zero-order chi connectivity index (χ0) is 18.4. The second-order valence-corrected chi connectivity index (χ2v) is 6.87. The second-order valence-electron chi connectivity index (χ2n) is 6.87. The monoisotopic (exact) mass is 363 g/mol. The van der Waals surface area contributed by atoms with E-state index in [2.05, 4.69) is 10.2 Å². The molecule has 7 nitrogen and oxygen atoms in total. The van der Waals surface area contributed by atoms with E-state index < -0.39 is 0 Å². The Bertz CT molecular complexity index is 574. The molecule has 2 saturated heterocycles. The van der Waals surface area contributed by atoms with Crippen molar-refractivity contribution in [2.24, 2.45) is 5.92 Å². The molecule has 0 saturated carbocycles. The maximum absolute atomic E-state index is 12.6. The minimum atomic E-state index is -0.0647. The molecule has 2 heterocycles. The van der Waals surface area contributed by atoms with Crippen LogP contribution in [0.1, 0.15) is 12.8 Å². The zero-order valence-corrected chi connectivity index (χ0v) is 15.7. The van der Waals surface area contributed by atoms with E-state index in [0.717, 1.165) is 58.8 Å². The van der Waals surface area contributed by atoms with Crippen LogP contribution in [0.2, 0.25) is 0 Å². The Morgan fingerprint density at radius 1 is 1.08 bits per heavy atom. The number of methoxy groups -OCH3 is 2. The molecule has 7 heteroatoms. The van der Waals surface area contributed by atoms with Crippen molar-refractivity contribution in [2.45, 2.75) is 12.8 Å². The Kier molecular flexibility index (Phi) is 6.57. The number of urea groups is 1. The number of carbonyl (C=O) groups is 1. The average molecular weight is 363 g/mol. The van der Waals surface area contributed by atoms with E-state index in [0.29, 0.717) is 23.1 Å². The SMILES string of the molecule is COc1cc(NC(=O)N2CCC(CN3CCOCC3)CC2)cc(OC)c1. The summed E-state index contributed by atoms with van der Waals surface area (Å²) in [6.45, 7) is 6.43. The molecule has 0 aliphatic carbocycles. The molecule has 0 atom stereocenters. The van der Waals surface area contributed by atoms with Crippen LogP contribution in [-0.4, -0.2) is 76.0 Å². The van der Waals surface area contributed by atoms with Gasteiger partial charge >= 0.3 is 6.03 Å². The Morgan fingerprint density at radius 3 is 2.27 bits per heavy atom. The molecule has 26 heavy (non-hydrogen) atoms. The van der Waals surface area contributed by atoms with E-state index in [-0.39, 0.29) is 6.03 Å². The summed E-state index contributed by atoms with van der Waals surface area (Å²) in [6.07, 6.45) is 2.10. The number of morpholine rings is 1. The van der Waals surface area contributed by atoms with Gasteiger partial charge in [-0.2, -0.15) is 0 Å². The molecule has 0 bridgehead atoms. The van der Waals surface area contributed by atoms with Crippen LogP contribution in [0.4, 0.5) is 10.5 Å². The minimum Gasteiger partial charge on any atom is -0.497 e. The lowest BCUT2D eigenvalue weighted by Crippen LogP contribution is -2.45. The molecular formula is C19H29N3O4. The highest BCUT2D eigenvalue weighted by atomic mass is 16.5. The maximum Gasteiger partial charge on any atom is 0.321 e. The van der Waals surface area contributed by atoms with Crippen LogP contribution in [0, 0.1) is 5.92 Å². The van der Waals surface area contributed by atoms with Crippen LogP contribution in [-0.2, 0) is 4.74 Å². The third kappa shape index (κ3) is 5.02. The fraction of sp³-hybridized carbons (Fsp3) is 0.632. The van der Waals surface area contributed by atoms with Crippen LogP contribution >= 0.6 is 0 Å². The quantitative estimate of drug-likeness (QED) is 0.870. The number of amides is 2. The predicted octanol–water partition coefficient (Wildman–Crippen LogP) is 2.28. The molecule has 0 radical (unpaired) electrons. The first-order chi connectivity index (χ1) is 12.7. The smallest absolute Gasteiger partial charge is 0.321 e. The van der Waals surface area contributed by atoms with Crippen molar-refractivity contribution in [3.05, 3.63) is 18.2 Å². The first-order valence-electron chi connectivity index (χ1n) is 9.27. The summed E-state index contributed by atoms with van der Waals surface area (Å²) >= 11 is 0. The van der Waals surface area contributed by atoms with Gasteiger partial charge < -0.3 is 24.4 Å². The highest BCUT2D eigenvalue weighted by molar-refractivity contribution is 5.89. The number of nitrogens with zero attached hydrogens (tertiary/aromatic N) is 2. The summed E-state index contributed by atoms with van der Waals surface area (Å²) in [5.41, 5.74) is 0.682. The van der Waals surface area contributed by atoms with Gasteiger partial charge in [0.2, 0.25) is 0 Å². The van der Waals surface area contributed by atoms with Gasteiger partial charge in [0.25, 0.3) is 0 Å². The lowest BCUT2D eigenvalue weighted by atomic mass is 9.96. The van der Waals surface area contributed by atoms with Crippen molar-refractivity contribution >= 4 is 11.7 Å². The molecule has 2 aliphatic rings. The number of benzene rings is 1. The third-order valence-corrected chi connectivity index (χ3v) is 5.12. The van der Waals surface area contributed by atoms with Crippen LogP contribution in [0.5, 0.6) is 11.5 Å². The number of rotatable bonds is 5. The number of carbonyl (C=O) groups excluding carboxylic acids is 1. The molecule has 0 unspecified atom stereocenters. The average Bonchev–Trinajstić information content (AvgIpc) is 2.69. The molecule has 3 rings (SSSR count). The summed E-state index contributed by atoms with van der Waals surface area (Å²) in [5.74, 6) is 1.97. The first-order valence-corrected chi connectivity index (χ1v) is 9.27. The van der Waals surface area contributed by atoms with Crippen LogP contribution < -0.4 is 14.8 Å². The second kappa shape index (κ2) is 9.09. The van der Waals surface area contributed by atoms with Crippen molar-refractivity contribution in [1.29, 1.82) is 0 Å². The number of nitrogens with one attached hydrogen (secondary N) is 1. The summed E-state index contributed by atoms with van der Waals surface area (Å²) in [7, 11) is 3.19. The van der Waals surface area contributed by atoms with Gasteiger partial charge in [-0.3, -0.25) is 4.90 Å². The summed E-state index contributed by atoms with van der Waals surface area (Å²) in [4.78, 5) is 16.9. The Hall–Kier alpha value is -1.99. The molecular weight excluding hydrogens is 334 g/mol. The molecule has 0 spiro atoms. The number of hydrogen-bond acceptors (Lipinski definition) is 5. The third-order valence-electron chi connectivity index (χ3n) is 5.12. The number of likely N-dealkylation sites (tertiary alicyclic amines) is 1. The van der Waals surface area contributed by atoms with E-state index in [9.17, 15) is 4.79 Å². The van der Waals surface area contributed by atoms with E-state index >= 15 is 0 Å². The molecule has 0 aromatic heterocycles. The summed E-state index contributed by atoms with van der Waals surface area (Å²) in [5, 5.41) is 2.96. The lowest BCUT2D eigenvalue weighted by Gasteiger charge is -2.36. The van der Waals surface area contributed by atoms with Gasteiger partial charge in [0.15, 0.2) is 0 Å². The predicted molar refractivity (Wildman–Crippen MR) is 100 cm³/mol. The summed E-state index contributed by atoms with van der Waals surface area (Å²) in [6, 6.07) is 5.31. The number of piperidine rings is 1. The Balaban J connectivity index is 1.49. The minimum absolute atomic E-state index is 0.0647. The van der Waals surface area contributed by atoms with Gasteiger partial charge in [-0.15, -0.1) is 0 Å². The molecule has 2 aliphatic heterocycles. The lowest BCUT2D eigenvalue weighted by molar-refractivity contribution is 0.0260. The topological polar surface area (TPSA) is 63.3 Å². The first kappa shape index (κ1) is 18.8. The van der Waals surface area contributed by atoms with Crippen molar-refractivity contribution in [2.75, 3.05) is 65.5 Å². The van der Waals surface area contributed by atoms with Crippen molar-refractivity contribution in [1.82, 2.24) is 9.80 Å². The van der Waals surface area contributed by atoms with E-state index in [1.54, 1.807) is 32.4 Å². The van der Waals surface area contributed by atoms with E-state index in [4.69, 9.17) is 14.2 Å². The van der Waals surface area contributed by atoms with Crippen LogP contribution in [0.3, 0.4) is 0 Å². The maximum atomic E-state index is 12.6. The van der Waals surface area contributed by atoms with Gasteiger partial charge in [0.05, 0.1) is 27.4 Å². The van der Waals surface area contributed by atoms with Gasteiger partial charge in [-0.05, 0) is 18.8 Å².